The summed E-state index contributed by atoms with van der Waals surface area (Å²) < 4.78 is 24.5. The van der Waals surface area contributed by atoms with E-state index in [0.717, 1.165) is 18.4 Å². The highest BCUT2D eigenvalue weighted by atomic mass is 19.1. The van der Waals surface area contributed by atoms with Crippen LogP contribution in [-0.4, -0.2) is 42.8 Å². The molecule has 8 heteroatoms. The summed E-state index contributed by atoms with van der Waals surface area (Å²) >= 11 is 0. The first kappa shape index (κ1) is 23.4. The van der Waals surface area contributed by atoms with Gasteiger partial charge in [0.2, 0.25) is 0 Å². The largest absolute Gasteiger partial charge is 0.454 e. The Hall–Kier alpha value is -3.29. The highest BCUT2D eigenvalue weighted by molar-refractivity contribution is 5.74. The summed E-state index contributed by atoms with van der Waals surface area (Å²) in [5.74, 6) is 0.364. The van der Waals surface area contributed by atoms with Crippen LogP contribution >= 0.6 is 0 Å². The van der Waals surface area contributed by atoms with Gasteiger partial charge in [-0.15, -0.1) is 0 Å². The average Bonchev–Trinajstić information content (AvgIpc) is 2.80. The van der Waals surface area contributed by atoms with Gasteiger partial charge in [-0.25, -0.2) is 14.0 Å². The van der Waals surface area contributed by atoms with Gasteiger partial charge in [-0.3, -0.25) is 0 Å². The number of ether oxygens (including phenoxy) is 2. The van der Waals surface area contributed by atoms with Crippen molar-refractivity contribution in [1.82, 2.24) is 15.5 Å². The van der Waals surface area contributed by atoms with Crippen LogP contribution in [0, 0.1) is 11.7 Å². The molecule has 2 N–H and O–H groups in total. The number of rotatable bonds is 7. The predicted octanol–water partition coefficient (Wildman–Crippen LogP) is 4.67. The molecule has 172 valence electrons. The topological polar surface area (TPSA) is 79.9 Å². The lowest BCUT2D eigenvalue weighted by molar-refractivity contribution is 0.0838. The first-order valence-electron chi connectivity index (χ1n) is 10.9. The summed E-state index contributed by atoms with van der Waals surface area (Å²) in [5.41, 5.74) is 0.827. The van der Waals surface area contributed by atoms with E-state index in [2.05, 4.69) is 10.6 Å². The second-order valence-corrected chi connectivity index (χ2v) is 7.84. The molecule has 7 nitrogen and oxygen atoms in total. The van der Waals surface area contributed by atoms with Crippen molar-refractivity contribution in [3.8, 4) is 11.5 Å². The predicted molar refractivity (Wildman–Crippen MR) is 119 cm³/mol. The number of nitrogens with zero attached hydrogens (tertiary/aromatic N) is 1. The molecule has 2 unspecified atom stereocenters. The third kappa shape index (κ3) is 6.60. The van der Waals surface area contributed by atoms with Crippen LogP contribution in [0.5, 0.6) is 11.5 Å². The van der Waals surface area contributed by atoms with E-state index in [9.17, 15) is 14.0 Å². The van der Waals surface area contributed by atoms with Crippen molar-refractivity contribution in [2.75, 3.05) is 19.7 Å². The Morgan fingerprint density at radius 1 is 1.22 bits per heavy atom. The third-order valence-electron chi connectivity index (χ3n) is 5.47. The number of urea groups is 1. The summed E-state index contributed by atoms with van der Waals surface area (Å²) in [4.78, 5) is 26.1. The van der Waals surface area contributed by atoms with E-state index >= 15 is 0 Å². The number of halogens is 1. The first-order valence-corrected chi connectivity index (χ1v) is 10.9. The highest BCUT2D eigenvalue weighted by Gasteiger charge is 2.28. The van der Waals surface area contributed by atoms with Crippen molar-refractivity contribution in [2.45, 2.75) is 39.3 Å². The third-order valence-corrected chi connectivity index (χ3v) is 5.47. The number of nitrogens with one attached hydrogen (secondary N) is 2. The molecule has 1 heterocycles. The zero-order chi connectivity index (χ0) is 22.9. The minimum Gasteiger partial charge on any atom is -0.454 e. The maximum absolute atomic E-state index is 13.8. The van der Waals surface area contributed by atoms with Gasteiger partial charge in [-0.05, 0) is 62.4 Å². The van der Waals surface area contributed by atoms with Crippen LogP contribution in [0.3, 0.4) is 0 Å². The second kappa shape index (κ2) is 11.4. The molecule has 0 spiro atoms. The van der Waals surface area contributed by atoms with E-state index in [-0.39, 0.29) is 29.8 Å². The van der Waals surface area contributed by atoms with E-state index in [1.54, 1.807) is 48.2 Å². The monoisotopic (exact) mass is 443 g/mol. The fourth-order valence-electron chi connectivity index (χ4n) is 3.73. The molecule has 0 radical (unpaired) electrons. The molecule has 1 aliphatic heterocycles. The summed E-state index contributed by atoms with van der Waals surface area (Å²) in [6.07, 6.45) is 1.52. The van der Waals surface area contributed by atoms with E-state index in [4.69, 9.17) is 9.47 Å². The van der Waals surface area contributed by atoms with Crippen LogP contribution in [-0.2, 0) is 11.3 Å². The molecular weight excluding hydrogens is 413 g/mol. The number of benzene rings is 2. The van der Waals surface area contributed by atoms with Crippen molar-refractivity contribution in [3.05, 3.63) is 59.9 Å². The molecule has 1 saturated heterocycles. The van der Waals surface area contributed by atoms with Gasteiger partial charge in [0, 0.05) is 25.7 Å². The minimum absolute atomic E-state index is 0.0945. The maximum Gasteiger partial charge on any atom is 0.409 e. The number of carbonyl (C=O) groups is 2. The fraction of sp³-hybridized carbons (Fsp3) is 0.417. The van der Waals surface area contributed by atoms with Gasteiger partial charge in [-0.1, -0.05) is 24.3 Å². The van der Waals surface area contributed by atoms with Gasteiger partial charge >= 0.3 is 12.1 Å². The molecule has 2 aromatic rings. The molecule has 2 atom stereocenters. The average molecular weight is 444 g/mol. The number of carbonyl (C=O) groups excluding carboxylic acids is 2. The minimum atomic E-state index is -0.436. The quantitative estimate of drug-likeness (QED) is 0.652. The molecule has 0 aliphatic carbocycles. The molecule has 3 rings (SSSR count). The Morgan fingerprint density at radius 3 is 2.81 bits per heavy atom. The van der Waals surface area contributed by atoms with Gasteiger partial charge in [0.15, 0.2) is 11.6 Å². The number of hydrogen-bond acceptors (Lipinski definition) is 4. The van der Waals surface area contributed by atoms with Gasteiger partial charge in [-0.2, -0.15) is 0 Å². The molecular formula is C24H30FN3O4. The Morgan fingerprint density at radius 2 is 2.03 bits per heavy atom. The van der Waals surface area contributed by atoms with Crippen molar-refractivity contribution in [2.24, 2.45) is 5.92 Å². The number of piperidine rings is 1. The summed E-state index contributed by atoms with van der Waals surface area (Å²) in [5, 5.41) is 5.80. The standard InChI is InChI=1S/C24H30FN3O4/c1-3-31-24(30)28-13-7-9-19(16-28)17(2)27-23(29)26-15-18-8-6-10-20(14-18)32-22-12-5-4-11-21(22)25/h4-6,8,10-12,14,17,19H,3,7,9,13,15-16H2,1-2H3,(H2,26,27,29). The van der Waals surface area contributed by atoms with Crippen molar-refractivity contribution < 1.29 is 23.5 Å². The Kier molecular flexibility index (Phi) is 8.30. The molecule has 1 aliphatic rings. The smallest absolute Gasteiger partial charge is 0.409 e. The van der Waals surface area contributed by atoms with Gasteiger partial charge in [0.1, 0.15) is 5.75 Å². The van der Waals surface area contributed by atoms with E-state index < -0.39 is 5.82 Å². The molecule has 0 aromatic heterocycles. The zero-order valence-corrected chi connectivity index (χ0v) is 18.5. The molecule has 0 saturated carbocycles. The SMILES string of the molecule is CCOC(=O)N1CCCC(C(C)NC(=O)NCc2cccc(Oc3ccccc3F)c2)C1. The van der Waals surface area contributed by atoms with Crippen LogP contribution in [0.25, 0.3) is 0 Å². The highest BCUT2D eigenvalue weighted by Crippen LogP contribution is 2.25. The molecule has 3 amide bonds. The van der Waals surface area contributed by atoms with E-state index in [1.807, 2.05) is 13.0 Å². The number of hydrogen-bond donors (Lipinski definition) is 2. The van der Waals surface area contributed by atoms with Crippen LogP contribution in [0.15, 0.2) is 48.5 Å². The van der Waals surface area contributed by atoms with Crippen molar-refractivity contribution >= 4 is 12.1 Å². The van der Waals surface area contributed by atoms with Gasteiger partial charge in [0.05, 0.1) is 6.61 Å². The second-order valence-electron chi connectivity index (χ2n) is 7.84. The lowest BCUT2D eigenvalue weighted by Crippen LogP contribution is -2.50. The maximum atomic E-state index is 13.8. The Labute approximate surface area is 187 Å². The van der Waals surface area contributed by atoms with Crippen molar-refractivity contribution in [3.63, 3.8) is 0 Å². The number of amides is 3. The lowest BCUT2D eigenvalue weighted by Gasteiger charge is -2.35. The molecule has 2 aromatic carbocycles. The lowest BCUT2D eigenvalue weighted by atomic mass is 9.92. The van der Waals surface area contributed by atoms with E-state index in [1.165, 1.54) is 6.07 Å². The van der Waals surface area contributed by atoms with Crippen LogP contribution in [0.1, 0.15) is 32.3 Å². The zero-order valence-electron chi connectivity index (χ0n) is 18.5. The Bertz CT molecular complexity index is 924. The van der Waals surface area contributed by atoms with Crippen LogP contribution in [0.2, 0.25) is 0 Å². The summed E-state index contributed by atoms with van der Waals surface area (Å²) in [6.45, 7) is 5.63. The summed E-state index contributed by atoms with van der Waals surface area (Å²) in [7, 11) is 0. The fourth-order valence-corrected chi connectivity index (χ4v) is 3.73. The van der Waals surface area contributed by atoms with Crippen LogP contribution in [0.4, 0.5) is 14.0 Å². The van der Waals surface area contributed by atoms with Gasteiger partial charge < -0.3 is 25.0 Å². The number of likely N-dealkylation sites (tertiary alicyclic amines) is 1. The molecule has 1 fully saturated rings. The Balaban J connectivity index is 1.48. The van der Waals surface area contributed by atoms with Crippen molar-refractivity contribution in [1.29, 1.82) is 0 Å². The first-order chi connectivity index (χ1) is 15.5. The van der Waals surface area contributed by atoms with Gasteiger partial charge in [0.25, 0.3) is 0 Å². The number of para-hydroxylation sites is 1. The summed E-state index contributed by atoms with van der Waals surface area (Å²) in [6, 6.07) is 13.0. The normalized spacial score (nSPS) is 16.7. The van der Waals surface area contributed by atoms with E-state index in [0.29, 0.717) is 32.0 Å². The van der Waals surface area contributed by atoms with Crippen LogP contribution < -0.4 is 15.4 Å². The molecule has 0 bridgehead atoms. The molecule has 32 heavy (non-hydrogen) atoms.